The summed E-state index contributed by atoms with van der Waals surface area (Å²) in [5, 5.41) is 6.51. The molecule has 116 valence electrons. The van der Waals surface area contributed by atoms with E-state index in [1.165, 1.54) is 11.3 Å². The minimum Gasteiger partial charge on any atom is -0.494 e. The summed E-state index contributed by atoms with van der Waals surface area (Å²) >= 11 is 1.53. The number of hydrogen-bond donors (Lipinski definition) is 0. The molecule has 0 unspecified atom stereocenters. The van der Waals surface area contributed by atoms with Gasteiger partial charge in [0.2, 0.25) is 4.80 Å². The molecule has 5 nitrogen and oxygen atoms in total. The molecule has 0 aliphatic rings. The number of aromatic nitrogens is 2. The van der Waals surface area contributed by atoms with Crippen LogP contribution in [0.15, 0.2) is 64.1 Å². The number of hydrogen-bond acceptors (Lipinski definition) is 5. The van der Waals surface area contributed by atoms with Gasteiger partial charge in [0, 0.05) is 11.6 Å². The Morgan fingerprint density at radius 1 is 1.17 bits per heavy atom. The number of ether oxygens (including phenoxy) is 1. The van der Waals surface area contributed by atoms with Gasteiger partial charge in [-0.1, -0.05) is 18.2 Å². The molecular weight excluding hydrogens is 308 g/mol. The SMILES string of the molecule is COc1ccccc1N=c1scc(C)n1N=Cc1ccccn1. The molecule has 2 aromatic heterocycles. The second-order valence-corrected chi connectivity index (χ2v) is 5.59. The molecule has 6 heteroatoms. The lowest BCUT2D eigenvalue weighted by atomic mass is 10.3. The van der Waals surface area contributed by atoms with Gasteiger partial charge in [-0.3, -0.25) is 4.98 Å². The Morgan fingerprint density at radius 3 is 2.78 bits per heavy atom. The van der Waals surface area contributed by atoms with Gasteiger partial charge in [-0.2, -0.15) is 5.10 Å². The van der Waals surface area contributed by atoms with E-state index in [1.54, 1.807) is 24.2 Å². The third-order valence-corrected chi connectivity index (χ3v) is 4.08. The molecule has 0 aliphatic heterocycles. The molecule has 0 amide bonds. The van der Waals surface area contributed by atoms with Gasteiger partial charge in [-0.15, -0.1) is 11.3 Å². The molecule has 2 heterocycles. The second kappa shape index (κ2) is 7.02. The van der Waals surface area contributed by atoms with Crippen LogP contribution in [0.25, 0.3) is 0 Å². The maximum Gasteiger partial charge on any atom is 0.211 e. The molecular formula is C17H16N4OS. The Morgan fingerprint density at radius 2 is 2.00 bits per heavy atom. The number of benzene rings is 1. The van der Waals surface area contributed by atoms with Crippen molar-refractivity contribution >= 4 is 23.2 Å². The van der Waals surface area contributed by atoms with E-state index in [9.17, 15) is 0 Å². The van der Waals surface area contributed by atoms with Crippen molar-refractivity contribution in [1.82, 2.24) is 9.66 Å². The molecule has 0 bridgehead atoms. The van der Waals surface area contributed by atoms with Crippen LogP contribution in [0.2, 0.25) is 0 Å². The van der Waals surface area contributed by atoms with Crippen LogP contribution in [0, 0.1) is 6.92 Å². The van der Waals surface area contributed by atoms with E-state index in [4.69, 9.17) is 4.74 Å². The van der Waals surface area contributed by atoms with E-state index in [0.29, 0.717) is 0 Å². The van der Waals surface area contributed by atoms with E-state index in [-0.39, 0.29) is 0 Å². The topological polar surface area (TPSA) is 51.8 Å². The van der Waals surface area contributed by atoms with Crippen LogP contribution in [0.1, 0.15) is 11.4 Å². The van der Waals surface area contributed by atoms with Crippen LogP contribution in [0.4, 0.5) is 5.69 Å². The molecule has 23 heavy (non-hydrogen) atoms. The molecule has 3 rings (SSSR count). The number of pyridine rings is 1. The van der Waals surface area contributed by atoms with Crippen molar-refractivity contribution in [3.05, 3.63) is 70.2 Å². The van der Waals surface area contributed by atoms with Crippen molar-refractivity contribution in [3.63, 3.8) is 0 Å². The molecule has 0 spiro atoms. The highest BCUT2D eigenvalue weighted by atomic mass is 32.1. The lowest BCUT2D eigenvalue weighted by Crippen LogP contribution is -2.11. The third kappa shape index (κ3) is 3.54. The van der Waals surface area contributed by atoms with E-state index in [0.717, 1.165) is 27.6 Å². The van der Waals surface area contributed by atoms with Gasteiger partial charge >= 0.3 is 0 Å². The number of aryl methyl sites for hydroxylation is 1. The second-order valence-electron chi connectivity index (χ2n) is 4.75. The number of para-hydroxylation sites is 2. The standard InChI is InChI=1S/C17H16N4OS/c1-13-12-23-17(20-15-8-3-4-9-16(15)22-2)21(13)19-11-14-7-5-6-10-18-14/h3-12H,1-2H3. The lowest BCUT2D eigenvalue weighted by molar-refractivity contribution is 0.416. The molecule has 0 aliphatic carbocycles. The zero-order valence-corrected chi connectivity index (χ0v) is 13.7. The highest BCUT2D eigenvalue weighted by molar-refractivity contribution is 7.07. The fraction of sp³-hybridized carbons (Fsp3) is 0.118. The fourth-order valence-electron chi connectivity index (χ4n) is 2.00. The van der Waals surface area contributed by atoms with Gasteiger partial charge in [0.05, 0.1) is 24.7 Å². The van der Waals surface area contributed by atoms with E-state index < -0.39 is 0 Å². The number of nitrogens with zero attached hydrogens (tertiary/aromatic N) is 4. The normalized spacial score (nSPS) is 12.0. The third-order valence-electron chi connectivity index (χ3n) is 3.14. The Labute approximate surface area is 138 Å². The summed E-state index contributed by atoms with van der Waals surface area (Å²) in [7, 11) is 1.64. The van der Waals surface area contributed by atoms with Gasteiger partial charge < -0.3 is 4.74 Å². The Bertz CT molecular complexity index is 881. The molecule has 0 radical (unpaired) electrons. The lowest BCUT2D eigenvalue weighted by Gasteiger charge is -2.03. The summed E-state index contributed by atoms with van der Waals surface area (Å²) in [4.78, 5) is 9.68. The van der Waals surface area contributed by atoms with Gasteiger partial charge in [-0.05, 0) is 31.2 Å². The Kier molecular flexibility index (Phi) is 4.63. The molecule has 0 saturated carbocycles. The van der Waals surface area contributed by atoms with Crippen LogP contribution in [-0.2, 0) is 0 Å². The molecule has 3 aromatic rings. The predicted molar refractivity (Wildman–Crippen MR) is 92.5 cm³/mol. The number of methoxy groups -OCH3 is 1. The first-order valence-electron chi connectivity index (χ1n) is 7.08. The Hall–Kier alpha value is -2.73. The summed E-state index contributed by atoms with van der Waals surface area (Å²) in [5.74, 6) is 0.735. The van der Waals surface area contributed by atoms with Crippen LogP contribution in [0.3, 0.4) is 0 Å². The smallest absolute Gasteiger partial charge is 0.211 e. The summed E-state index contributed by atoms with van der Waals surface area (Å²) in [6.45, 7) is 1.99. The minimum absolute atomic E-state index is 0.735. The predicted octanol–water partition coefficient (Wildman–Crippen LogP) is 3.38. The van der Waals surface area contributed by atoms with Crippen LogP contribution < -0.4 is 9.54 Å². The van der Waals surface area contributed by atoms with Crippen molar-refractivity contribution in [1.29, 1.82) is 0 Å². The minimum atomic E-state index is 0.735. The van der Waals surface area contributed by atoms with Gasteiger partial charge in [0.25, 0.3) is 0 Å². The van der Waals surface area contributed by atoms with E-state index in [1.807, 2.05) is 54.8 Å². The quantitative estimate of drug-likeness (QED) is 0.691. The highest BCUT2D eigenvalue weighted by Crippen LogP contribution is 2.25. The fourth-order valence-corrected chi connectivity index (χ4v) is 2.82. The molecule has 0 N–H and O–H groups in total. The highest BCUT2D eigenvalue weighted by Gasteiger charge is 2.03. The zero-order valence-electron chi connectivity index (χ0n) is 12.9. The molecule has 0 fully saturated rings. The van der Waals surface area contributed by atoms with Crippen LogP contribution >= 0.6 is 11.3 Å². The summed E-state index contributed by atoms with van der Waals surface area (Å²) in [5.41, 5.74) is 2.59. The number of rotatable bonds is 4. The van der Waals surface area contributed by atoms with E-state index >= 15 is 0 Å². The van der Waals surface area contributed by atoms with Gasteiger partial charge in [0.15, 0.2) is 0 Å². The van der Waals surface area contributed by atoms with E-state index in [2.05, 4.69) is 15.1 Å². The summed E-state index contributed by atoms with van der Waals surface area (Å²) in [6.07, 6.45) is 3.47. The molecule has 1 aromatic carbocycles. The van der Waals surface area contributed by atoms with Crippen molar-refractivity contribution in [2.45, 2.75) is 6.92 Å². The molecule has 0 atom stereocenters. The van der Waals surface area contributed by atoms with Gasteiger partial charge in [-0.25, -0.2) is 9.67 Å². The van der Waals surface area contributed by atoms with Crippen LogP contribution in [0.5, 0.6) is 5.75 Å². The Balaban J connectivity index is 2.02. The number of thiazole rings is 1. The first-order chi connectivity index (χ1) is 11.3. The molecule has 0 saturated heterocycles. The van der Waals surface area contributed by atoms with Gasteiger partial charge in [0.1, 0.15) is 11.4 Å². The van der Waals surface area contributed by atoms with Crippen molar-refractivity contribution in [2.24, 2.45) is 10.1 Å². The maximum absolute atomic E-state index is 5.35. The summed E-state index contributed by atoms with van der Waals surface area (Å²) in [6, 6.07) is 13.4. The van der Waals surface area contributed by atoms with Crippen LogP contribution in [-0.4, -0.2) is 23.0 Å². The maximum atomic E-state index is 5.35. The van der Waals surface area contributed by atoms with Crippen molar-refractivity contribution in [3.8, 4) is 5.75 Å². The first kappa shape index (κ1) is 15.2. The van der Waals surface area contributed by atoms with Crippen molar-refractivity contribution in [2.75, 3.05) is 7.11 Å². The average Bonchev–Trinajstić information content (AvgIpc) is 2.94. The largest absolute Gasteiger partial charge is 0.494 e. The average molecular weight is 324 g/mol. The monoisotopic (exact) mass is 324 g/mol. The summed E-state index contributed by atoms with van der Waals surface area (Å²) < 4.78 is 7.14. The first-order valence-corrected chi connectivity index (χ1v) is 7.96. The zero-order chi connectivity index (χ0) is 16.1. The van der Waals surface area contributed by atoms with Crippen molar-refractivity contribution < 1.29 is 4.74 Å².